The number of nitrogens with one attached hydrogen (secondary N) is 1. The second-order valence-corrected chi connectivity index (χ2v) is 6.74. The van der Waals surface area contributed by atoms with Gasteiger partial charge in [0.15, 0.2) is 0 Å². The van der Waals surface area contributed by atoms with Crippen LogP contribution in [0.4, 0.5) is 5.69 Å². The molecule has 0 aliphatic carbocycles. The first-order chi connectivity index (χ1) is 12.9. The van der Waals surface area contributed by atoms with E-state index in [1.54, 1.807) is 12.1 Å². The number of phenols is 1. The van der Waals surface area contributed by atoms with E-state index in [0.29, 0.717) is 16.9 Å². The zero-order chi connectivity index (χ0) is 19.4. The Kier molecular flexibility index (Phi) is 5.52. The van der Waals surface area contributed by atoms with E-state index in [0.717, 1.165) is 10.0 Å². The number of benzene rings is 2. The van der Waals surface area contributed by atoms with Gasteiger partial charge in [0, 0.05) is 21.9 Å². The fourth-order valence-electron chi connectivity index (χ4n) is 2.57. The highest BCUT2D eigenvalue weighted by Crippen LogP contribution is 2.31. The van der Waals surface area contributed by atoms with E-state index in [4.69, 9.17) is 5.11 Å². The number of carbonyl (C=O) groups is 2. The van der Waals surface area contributed by atoms with Crippen LogP contribution in [0.5, 0.6) is 5.75 Å². The highest BCUT2D eigenvalue weighted by molar-refractivity contribution is 9.10. The van der Waals surface area contributed by atoms with Crippen molar-refractivity contribution >= 4 is 33.5 Å². The monoisotopic (exact) mass is 426 g/mol. The Balaban J connectivity index is 1.82. The molecule has 0 bridgehead atoms. The molecule has 0 radical (unpaired) electrons. The molecule has 3 aromatic rings. The number of aromatic nitrogens is 1. The van der Waals surface area contributed by atoms with E-state index in [1.165, 1.54) is 24.4 Å². The summed E-state index contributed by atoms with van der Waals surface area (Å²) in [6.45, 7) is 0. The third-order valence-electron chi connectivity index (χ3n) is 3.82. The van der Waals surface area contributed by atoms with Gasteiger partial charge in [-0.15, -0.1) is 0 Å². The summed E-state index contributed by atoms with van der Waals surface area (Å²) in [4.78, 5) is 27.5. The van der Waals surface area contributed by atoms with Crippen LogP contribution in [-0.2, 0) is 11.2 Å². The van der Waals surface area contributed by atoms with E-state index >= 15 is 0 Å². The zero-order valence-corrected chi connectivity index (χ0v) is 15.6. The molecule has 0 fully saturated rings. The van der Waals surface area contributed by atoms with E-state index in [9.17, 15) is 14.7 Å². The summed E-state index contributed by atoms with van der Waals surface area (Å²) in [5, 5.41) is 22.0. The molecule has 1 heterocycles. The molecule has 3 N–H and O–H groups in total. The van der Waals surface area contributed by atoms with Gasteiger partial charge in [-0.25, -0.2) is 4.79 Å². The fraction of sp³-hybridized carbons (Fsp3) is 0.0500. The first kappa shape index (κ1) is 18.6. The minimum absolute atomic E-state index is 0.0588. The number of aromatic hydroxyl groups is 1. The second kappa shape index (κ2) is 8.01. The van der Waals surface area contributed by atoms with Gasteiger partial charge >= 0.3 is 5.97 Å². The van der Waals surface area contributed by atoms with Crippen LogP contribution in [0.3, 0.4) is 0 Å². The van der Waals surface area contributed by atoms with Gasteiger partial charge in [0.2, 0.25) is 5.91 Å². The number of anilines is 1. The normalized spacial score (nSPS) is 10.4. The summed E-state index contributed by atoms with van der Waals surface area (Å²) in [6.07, 6.45) is 1.55. The highest BCUT2D eigenvalue weighted by atomic mass is 79.9. The van der Waals surface area contributed by atoms with E-state index in [-0.39, 0.29) is 23.6 Å². The molecular weight excluding hydrogens is 412 g/mol. The number of hydrogen-bond acceptors (Lipinski definition) is 4. The number of aromatic carboxylic acids is 1. The predicted molar refractivity (Wildman–Crippen MR) is 105 cm³/mol. The minimum atomic E-state index is -1.09. The number of rotatable bonds is 5. The summed E-state index contributed by atoms with van der Waals surface area (Å²) in [5.74, 6) is -1.36. The molecule has 3 rings (SSSR count). The van der Waals surface area contributed by atoms with Crippen LogP contribution >= 0.6 is 15.9 Å². The largest absolute Gasteiger partial charge is 0.507 e. The van der Waals surface area contributed by atoms with Crippen molar-refractivity contribution < 1.29 is 19.8 Å². The van der Waals surface area contributed by atoms with Gasteiger partial charge < -0.3 is 15.5 Å². The number of halogens is 1. The lowest BCUT2D eigenvalue weighted by Crippen LogP contribution is -2.14. The number of carboxylic acids is 1. The molecule has 136 valence electrons. The maximum Gasteiger partial charge on any atom is 0.335 e. The molecule has 0 aliphatic rings. The highest BCUT2D eigenvalue weighted by Gasteiger charge is 2.12. The number of phenolic OH excluding ortho intramolecular Hbond substituents is 1. The number of carboxylic acid groups (broad SMARTS) is 1. The quantitative estimate of drug-likeness (QED) is 0.533. The van der Waals surface area contributed by atoms with Crippen LogP contribution in [0.25, 0.3) is 11.3 Å². The number of amides is 1. The number of carbonyl (C=O) groups excluding carboxylic acids is 1. The molecule has 1 aromatic heterocycles. The topological polar surface area (TPSA) is 99.5 Å². The molecular formula is C20H15BrN2O4. The van der Waals surface area contributed by atoms with Gasteiger partial charge in [0.25, 0.3) is 0 Å². The van der Waals surface area contributed by atoms with Crippen molar-refractivity contribution in [1.29, 1.82) is 0 Å². The number of hydrogen-bond donors (Lipinski definition) is 3. The van der Waals surface area contributed by atoms with Gasteiger partial charge in [-0.2, -0.15) is 0 Å². The minimum Gasteiger partial charge on any atom is -0.507 e. The summed E-state index contributed by atoms with van der Waals surface area (Å²) in [7, 11) is 0. The Labute approximate surface area is 163 Å². The molecule has 0 atom stereocenters. The first-order valence-electron chi connectivity index (χ1n) is 7.99. The zero-order valence-electron chi connectivity index (χ0n) is 14.0. The van der Waals surface area contributed by atoms with Crippen LogP contribution in [0.15, 0.2) is 65.3 Å². The van der Waals surface area contributed by atoms with Crippen LogP contribution in [0.2, 0.25) is 0 Å². The van der Waals surface area contributed by atoms with E-state index in [2.05, 4.69) is 26.2 Å². The molecule has 6 nitrogen and oxygen atoms in total. The second-order valence-electron chi connectivity index (χ2n) is 5.82. The van der Waals surface area contributed by atoms with Gasteiger partial charge in [-0.1, -0.05) is 28.1 Å². The van der Waals surface area contributed by atoms with Crippen LogP contribution < -0.4 is 5.32 Å². The van der Waals surface area contributed by atoms with E-state index in [1.807, 2.05) is 24.3 Å². The molecule has 2 aromatic carbocycles. The van der Waals surface area contributed by atoms with Crippen LogP contribution in [0.1, 0.15) is 15.9 Å². The Hall–Kier alpha value is -3.19. The van der Waals surface area contributed by atoms with Gasteiger partial charge in [0.05, 0.1) is 17.7 Å². The molecule has 1 amide bonds. The Morgan fingerprint density at radius 3 is 2.63 bits per heavy atom. The van der Waals surface area contributed by atoms with Crippen molar-refractivity contribution in [1.82, 2.24) is 4.98 Å². The Bertz CT molecular complexity index is 1020. The molecule has 0 spiro atoms. The van der Waals surface area contributed by atoms with Gasteiger partial charge in [-0.3, -0.25) is 9.78 Å². The Morgan fingerprint density at radius 1 is 1.07 bits per heavy atom. The fourth-order valence-corrected chi connectivity index (χ4v) is 3.01. The summed E-state index contributed by atoms with van der Waals surface area (Å²) >= 11 is 3.37. The number of pyridine rings is 1. The summed E-state index contributed by atoms with van der Waals surface area (Å²) < 4.78 is 0.893. The lowest BCUT2D eigenvalue weighted by molar-refractivity contribution is -0.115. The number of nitrogens with zero attached hydrogens (tertiary/aromatic N) is 1. The van der Waals surface area contributed by atoms with Crippen molar-refractivity contribution in [2.75, 3.05) is 5.32 Å². The van der Waals surface area contributed by atoms with Crippen molar-refractivity contribution in [3.63, 3.8) is 0 Å². The summed E-state index contributed by atoms with van der Waals surface area (Å²) in [6, 6.07) is 14.7. The lowest BCUT2D eigenvalue weighted by atomic mass is 10.1. The first-order valence-corrected chi connectivity index (χ1v) is 8.79. The average Bonchev–Trinajstić information content (AvgIpc) is 2.63. The average molecular weight is 427 g/mol. The molecule has 27 heavy (non-hydrogen) atoms. The SMILES string of the molecule is O=C(Cc1cccc(Br)c1)Nc1ccc(O)c(-c2cc(C(=O)O)ccn2)c1. The predicted octanol–water partition coefficient (Wildman–Crippen LogP) is 4.10. The van der Waals surface area contributed by atoms with Crippen LogP contribution in [0, 0.1) is 0 Å². The van der Waals surface area contributed by atoms with Crippen molar-refractivity contribution in [2.24, 2.45) is 0 Å². The maximum absolute atomic E-state index is 12.3. The van der Waals surface area contributed by atoms with Crippen molar-refractivity contribution in [3.8, 4) is 17.0 Å². The molecule has 0 saturated heterocycles. The molecule has 0 unspecified atom stereocenters. The van der Waals surface area contributed by atoms with Crippen molar-refractivity contribution in [2.45, 2.75) is 6.42 Å². The Morgan fingerprint density at radius 2 is 1.89 bits per heavy atom. The van der Waals surface area contributed by atoms with Crippen LogP contribution in [-0.4, -0.2) is 27.1 Å². The standard InChI is InChI=1S/C20H15BrN2O4/c21-14-3-1-2-12(8-14)9-19(25)23-15-4-5-18(24)16(11-15)17-10-13(20(26)27)6-7-22-17/h1-8,10-11,24H,9H2,(H,23,25)(H,26,27). The summed E-state index contributed by atoms with van der Waals surface area (Å²) in [5.41, 5.74) is 2.03. The third-order valence-corrected chi connectivity index (χ3v) is 4.31. The molecule has 0 saturated carbocycles. The van der Waals surface area contributed by atoms with E-state index < -0.39 is 5.97 Å². The lowest BCUT2D eigenvalue weighted by Gasteiger charge is -2.10. The maximum atomic E-state index is 12.3. The van der Waals surface area contributed by atoms with Gasteiger partial charge in [-0.05, 0) is 48.0 Å². The van der Waals surface area contributed by atoms with Gasteiger partial charge in [0.1, 0.15) is 5.75 Å². The third kappa shape index (κ3) is 4.71. The molecule has 0 aliphatic heterocycles. The molecule has 7 heteroatoms. The van der Waals surface area contributed by atoms with Crippen molar-refractivity contribution in [3.05, 3.63) is 76.4 Å². The smallest absolute Gasteiger partial charge is 0.335 e.